The zero-order valence-corrected chi connectivity index (χ0v) is 6.75. The number of nitrogens with two attached hydrogens (primary N) is 1. The molecule has 2 nitrogen and oxygen atoms in total. The minimum Gasteiger partial charge on any atom is -0.393 e. The van der Waals surface area contributed by atoms with Gasteiger partial charge >= 0.3 is 0 Å². The number of rotatable bonds is 0. The van der Waals surface area contributed by atoms with Crippen molar-refractivity contribution in [3.05, 3.63) is 0 Å². The summed E-state index contributed by atoms with van der Waals surface area (Å²) in [6.45, 7) is 4.14. The van der Waals surface area contributed by atoms with Crippen LogP contribution in [0.3, 0.4) is 0 Å². The van der Waals surface area contributed by atoms with E-state index in [1.165, 1.54) is 0 Å². The van der Waals surface area contributed by atoms with Gasteiger partial charge in [0.25, 0.3) is 0 Å². The van der Waals surface area contributed by atoms with E-state index in [2.05, 4.69) is 13.8 Å². The molecule has 1 fully saturated rings. The molecule has 0 aromatic rings. The first-order valence-corrected chi connectivity index (χ1v) is 4.05. The molecule has 1 rings (SSSR count). The van der Waals surface area contributed by atoms with Gasteiger partial charge in [-0.15, -0.1) is 0 Å². The van der Waals surface area contributed by atoms with Crippen LogP contribution < -0.4 is 5.73 Å². The third kappa shape index (κ3) is 1.50. The van der Waals surface area contributed by atoms with Crippen molar-refractivity contribution in [2.45, 2.75) is 38.8 Å². The summed E-state index contributed by atoms with van der Waals surface area (Å²) in [5, 5.41) is 9.51. The number of aliphatic hydroxyl groups excluding tert-OH is 1. The van der Waals surface area contributed by atoms with Crippen LogP contribution in [0.25, 0.3) is 0 Å². The van der Waals surface area contributed by atoms with Gasteiger partial charge in [-0.1, -0.05) is 13.8 Å². The maximum atomic E-state index is 9.51. The van der Waals surface area contributed by atoms with E-state index < -0.39 is 0 Å². The van der Waals surface area contributed by atoms with Gasteiger partial charge in [-0.05, 0) is 24.7 Å². The van der Waals surface area contributed by atoms with E-state index in [1.807, 2.05) is 0 Å². The second-order valence-electron chi connectivity index (χ2n) is 3.68. The molecular weight excluding hydrogens is 126 g/mol. The Morgan fingerprint density at radius 1 is 1.20 bits per heavy atom. The van der Waals surface area contributed by atoms with Crippen LogP contribution in [-0.4, -0.2) is 17.3 Å². The Morgan fingerprint density at radius 2 is 1.60 bits per heavy atom. The van der Waals surface area contributed by atoms with Crippen LogP contribution >= 0.6 is 0 Å². The van der Waals surface area contributed by atoms with Crippen molar-refractivity contribution in [3.63, 3.8) is 0 Å². The number of hydrogen-bond acceptors (Lipinski definition) is 2. The molecule has 4 atom stereocenters. The predicted molar refractivity (Wildman–Crippen MR) is 41.5 cm³/mol. The fourth-order valence-electron chi connectivity index (χ4n) is 1.89. The molecule has 0 amide bonds. The van der Waals surface area contributed by atoms with Crippen LogP contribution in [0.4, 0.5) is 0 Å². The van der Waals surface area contributed by atoms with E-state index in [1.54, 1.807) is 0 Å². The normalized spacial score (nSPS) is 49.2. The Bertz CT molecular complexity index is 104. The second-order valence-corrected chi connectivity index (χ2v) is 3.68. The summed E-state index contributed by atoms with van der Waals surface area (Å²) in [4.78, 5) is 0. The van der Waals surface area contributed by atoms with Crippen molar-refractivity contribution >= 4 is 0 Å². The molecule has 0 heterocycles. The summed E-state index contributed by atoms with van der Waals surface area (Å²) >= 11 is 0. The first-order valence-electron chi connectivity index (χ1n) is 4.05. The van der Waals surface area contributed by atoms with Gasteiger partial charge in [0.1, 0.15) is 0 Å². The van der Waals surface area contributed by atoms with E-state index in [-0.39, 0.29) is 6.10 Å². The van der Waals surface area contributed by atoms with Crippen LogP contribution in [0.1, 0.15) is 26.7 Å². The lowest BCUT2D eigenvalue weighted by Crippen LogP contribution is -2.40. The first-order chi connectivity index (χ1) is 4.61. The molecule has 0 aromatic carbocycles. The van der Waals surface area contributed by atoms with Gasteiger partial charge < -0.3 is 10.8 Å². The van der Waals surface area contributed by atoms with Gasteiger partial charge in [-0.25, -0.2) is 0 Å². The van der Waals surface area contributed by atoms with Crippen LogP contribution in [0, 0.1) is 11.8 Å². The average Bonchev–Trinajstić information content (AvgIpc) is 1.82. The Kier molecular flexibility index (Phi) is 2.32. The molecule has 0 bridgehead atoms. The molecule has 0 aromatic heterocycles. The highest BCUT2D eigenvalue weighted by molar-refractivity contribution is 4.83. The van der Waals surface area contributed by atoms with E-state index in [9.17, 15) is 5.11 Å². The van der Waals surface area contributed by atoms with E-state index in [0.717, 1.165) is 12.8 Å². The molecule has 1 saturated carbocycles. The van der Waals surface area contributed by atoms with E-state index in [4.69, 9.17) is 5.73 Å². The lowest BCUT2D eigenvalue weighted by Gasteiger charge is -2.34. The third-order valence-electron chi connectivity index (χ3n) is 2.52. The molecular formula is C8H17NO. The molecule has 1 aliphatic rings. The molecule has 2 unspecified atom stereocenters. The van der Waals surface area contributed by atoms with Gasteiger partial charge in [-0.3, -0.25) is 0 Å². The van der Waals surface area contributed by atoms with Crippen LogP contribution in [0.5, 0.6) is 0 Å². The van der Waals surface area contributed by atoms with Crippen molar-refractivity contribution in [1.29, 1.82) is 0 Å². The van der Waals surface area contributed by atoms with Gasteiger partial charge in [-0.2, -0.15) is 0 Å². The Hall–Kier alpha value is -0.0800. The van der Waals surface area contributed by atoms with Crippen molar-refractivity contribution < 1.29 is 5.11 Å². The maximum Gasteiger partial charge on any atom is 0.0592 e. The summed E-state index contributed by atoms with van der Waals surface area (Å²) in [7, 11) is 0. The topological polar surface area (TPSA) is 46.2 Å². The quantitative estimate of drug-likeness (QED) is 0.525. The molecule has 0 radical (unpaired) electrons. The summed E-state index contributed by atoms with van der Waals surface area (Å²) in [5.41, 5.74) is 5.77. The Balaban J connectivity index is 2.49. The molecule has 0 spiro atoms. The number of hydrogen-bond donors (Lipinski definition) is 2. The van der Waals surface area contributed by atoms with Gasteiger partial charge in [0.15, 0.2) is 0 Å². The summed E-state index contributed by atoms with van der Waals surface area (Å²) in [6.07, 6.45) is 1.83. The highest BCUT2D eigenvalue weighted by atomic mass is 16.3. The summed E-state index contributed by atoms with van der Waals surface area (Å²) in [5.74, 6) is 0.775. The predicted octanol–water partition coefficient (Wildman–Crippen LogP) is 0.741. The third-order valence-corrected chi connectivity index (χ3v) is 2.52. The second kappa shape index (κ2) is 2.89. The smallest absolute Gasteiger partial charge is 0.0592 e. The van der Waals surface area contributed by atoms with Gasteiger partial charge in [0, 0.05) is 6.04 Å². The summed E-state index contributed by atoms with van der Waals surface area (Å²) < 4.78 is 0. The van der Waals surface area contributed by atoms with E-state index >= 15 is 0 Å². The monoisotopic (exact) mass is 143 g/mol. The first kappa shape index (κ1) is 8.02. The highest BCUT2D eigenvalue weighted by Crippen LogP contribution is 2.27. The highest BCUT2D eigenvalue weighted by Gasteiger charge is 2.29. The largest absolute Gasteiger partial charge is 0.393 e. The van der Waals surface area contributed by atoms with Crippen molar-refractivity contribution in [2.24, 2.45) is 17.6 Å². The minimum absolute atomic E-state index is 0.125. The molecule has 3 N–H and O–H groups in total. The molecule has 60 valence electrons. The van der Waals surface area contributed by atoms with Crippen LogP contribution in [-0.2, 0) is 0 Å². The van der Waals surface area contributed by atoms with Crippen molar-refractivity contribution in [1.82, 2.24) is 0 Å². The van der Waals surface area contributed by atoms with Crippen LogP contribution in [0.2, 0.25) is 0 Å². The zero-order chi connectivity index (χ0) is 7.72. The average molecular weight is 143 g/mol. The SMILES string of the molecule is C[C@@H]1CC(N)C[C@H](C)C1O. The minimum atomic E-state index is -0.125. The Morgan fingerprint density at radius 3 is 2.00 bits per heavy atom. The Labute approximate surface area is 62.4 Å². The molecule has 1 aliphatic carbocycles. The van der Waals surface area contributed by atoms with Gasteiger partial charge in [0.05, 0.1) is 6.10 Å². The number of aliphatic hydroxyl groups is 1. The van der Waals surface area contributed by atoms with Crippen molar-refractivity contribution in [2.75, 3.05) is 0 Å². The van der Waals surface area contributed by atoms with E-state index in [0.29, 0.717) is 17.9 Å². The molecule has 2 heteroatoms. The van der Waals surface area contributed by atoms with Crippen molar-refractivity contribution in [3.8, 4) is 0 Å². The molecule has 0 aliphatic heterocycles. The van der Waals surface area contributed by atoms with Crippen LogP contribution in [0.15, 0.2) is 0 Å². The maximum absolute atomic E-state index is 9.51. The lowest BCUT2D eigenvalue weighted by atomic mass is 9.78. The molecule has 10 heavy (non-hydrogen) atoms. The molecule has 0 saturated heterocycles. The van der Waals surface area contributed by atoms with Gasteiger partial charge in [0.2, 0.25) is 0 Å². The standard InChI is InChI=1S/C8H17NO/c1-5-3-7(9)4-6(2)8(5)10/h5-8,10H,3-4,9H2,1-2H3/t5-,6+,7?,8?. The zero-order valence-electron chi connectivity index (χ0n) is 6.75. The fourth-order valence-corrected chi connectivity index (χ4v) is 1.89. The fraction of sp³-hybridized carbons (Fsp3) is 1.00. The lowest BCUT2D eigenvalue weighted by molar-refractivity contribution is 0.0262. The summed E-state index contributed by atoms with van der Waals surface area (Å²) in [6, 6.07) is 0.313.